The van der Waals surface area contributed by atoms with E-state index in [4.69, 9.17) is 0 Å². The fraction of sp³-hybridized carbons (Fsp3) is 0.929. The third-order valence-corrected chi connectivity index (χ3v) is 5.71. The lowest BCUT2D eigenvalue weighted by atomic mass is 9.93. The van der Waals surface area contributed by atoms with Gasteiger partial charge in [0.15, 0.2) is 0 Å². The van der Waals surface area contributed by atoms with Crippen molar-refractivity contribution >= 4 is 17.7 Å². The van der Waals surface area contributed by atoms with Crippen LogP contribution in [-0.4, -0.2) is 41.1 Å². The first-order valence-corrected chi connectivity index (χ1v) is 8.52. The fourth-order valence-electron chi connectivity index (χ4n) is 3.15. The zero-order valence-electron chi connectivity index (χ0n) is 11.8. The number of nitrogens with zero attached hydrogens (tertiary/aromatic N) is 1. The van der Waals surface area contributed by atoms with Gasteiger partial charge in [-0.2, -0.15) is 11.8 Å². The molecule has 1 aliphatic heterocycles. The normalized spacial score (nSPS) is 34.9. The first kappa shape index (κ1) is 14.2. The molecule has 1 aliphatic carbocycles. The Bertz CT molecular complexity index is 298. The van der Waals surface area contributed by atoms with Gasteiger partial charge in [-0.15, -0.1) is 0 Å². The number of hydrogen-bond donors (Lipinski definition) is 1. The van der Waals surface area contributed by atoms with Gasteiger partial charge in [-0.25, -0.2) is 0 Å². The second-order valence-electron chi connectivity index (χ2n) is 5.71. The number of carbonyl (C=O) groups is 1. The molecular weight excluding hydrogens is 244 g/mol. The average molecular weight is 270 g/mol. The largest absolute Gasteiger partial charge is 0.326 e. The molecule has 0 aromatic heterocycles. The second kappa shape index (κ2) is 6.29. The molecule has 1 amide bonds. The number of hydrogen-bond acceptors (Lipinski definition) is 3. The fourth-order valence-corrected chi connectivity index (χ4v) is 3.96. The van der Waals surface area contributed by atoms with Crippen LogP contribution in [0.15, 0.2) is 0 Å². The number of rotatable bonds is 4. The lowest BCUT2D eigenvalue weighted by Crippen LogP contribution is -2.43. The van der Waals surface area contributed by atoms with E-state index in [-0.39, 0.29) is 6.04 Å². The van der Waals surface area contributed by atoms with E-state index in [0.717, 1.165) is 18.3 Å². The second-order valence-corrected chi connectivity index (χ2v) is 6.85. The smallest absolute Gasteiger partial charge is 0.241 e. The van der Waals surface area contributed by atoms with Crippen LogP contribution in [0, 0.1) is 5.92 Å². The van der Waals surface area contributed by atoms with E-state index in [0.29, 0.717) is 17.9 Å². The van der Waals surface area contributed by atoms with Gasteiger partial charge >= 0.3 is 0 Å². The third kappa shape index (κ3) is 2.85. The maximum atomic E-state index is 12.5. The molecule has 3 nitrogen and oxygen atoms in total. The van der Waals surface area contributed by atoms with Gasteiger partial charge in [0.05, 0.1) is 12.7 Å². The van der Waals surface area contributed by atoms with Crippen molar-refractivity contribution in [3.8, 4) is 0 Å². The van der Waals surface area contributed by atoms with Crippen LogP contribution in [-0.2, 0) is 4.79 Å². The Hall–Kier alpha value is -0.220. The summed E-state index contributed by atoms with van der Waals surface area (Å²) in [6.07, 6.45) is 8.23. The van der Waals surface area contributed by atoms with Gasteiger partial charge in [0, 0.05) is 11.3 Å². The van der Waals surface area contributed by atoms with E-state index in [1.807, 2.05) is 11.8 Å². The van der Waals surface area contributed by atoms with Crippen LogP contribution in [0.1, 0.15) is 46.0 Å². The lowest BCUT2D eigenvalue weighted by Gasteiger charge is -2.34. The Morgan fingerprint density at radius 3 is 2.94 bits per heavy atom. The summed E-state index contributed by atoms with van der Waals surface area (Å²) in [6, 6.07) is 0.537. The van der Waals surface area contributed by atoms with Crippen LogP contribution in [0.3, 0.4) is 0 Å². The van der Waals surface area contributed by atoms with Crippen LogP contribution in [0.5, 0.6) is 0 Å². The maximum Gasteiger partial charge on any atom is 0.241 e. The van der Waals surface area contributed by atoms with Crippen molar-refractivity contribution in [3.05, 3.63) is 0 Å². The van der Waals surface area contributed by atoms with Crippen molar-refractivity contribution in [2.45, 2.75) is 63.3 Å². The molecule has 4 unspecified atom stereocenters. The molecule has 104 valence electrons. The van der Waals surface area contributed by atoms with Gasteiger partial charge in [0.2, 0.25) is 5.91 Å². The predicted molar refractivity (Wildman–Crippen MR) is 77.7 cm³/mol. The minimum atomic E-state index is 0.0599. The van der Waals surface area contributed by atoms with E-state index in [2.05, 4.69) is 30.3 Å². The molecule has 2 rings (SSSR count). The van der Waals surface area contributed by atoms with Crippen molar-refractivity contribution in [1.29, 1.82) is 0 Å². The van der Waals surface area contributed by atoms with E-state index >= 15 is 0 Å². The Morgan fingerprint density at radius 2 is 2.28 bits per heavy atom. The standard InChI is InChI=1S/C14H26N2OS/c1-4-10(2)13-14(17)16(9-15-13)11-6-5-7-12(8-11)18-3/h10-13,15H,4-9H2,1-3H3. The Balaban J connectivity index is 1.96. The Kier molecular flexibility index (Phi) is 4.96. The summed E-state index contributed by atoms with van der Waals surface area (Å²) in [5.74, 6) is 0.790. The van der Waals surface area contributed by atoms with Crippen LogP contribution < -0.4 is 5.32 Å². The number of thioether (sulfide) groups is 1. The molecule has 4 heteroatoms. The molecular formula is C14H26N2OS. The summed E-state index contributed by atoms with van der Waals surface area (Å²) in [4.78, 5) is 14.6. The van der Waals surface area contributed by atoms with Crippen LogP contribution in [0.2, 0.25) is 0 Å². The molecule has 0 radical (unpaired) electrons. The summed E-state index contributed by atoms with van der Waals surface area (Å²) in [7, 11) is 0. The molecule has 4 atom stereocenters. The molecule has 1 N–H and O–H groups in total. The van der Waals surface area contributed by atoms with Crippen molar-refractivity contribution in [2.24, 2.45) is 5.92 Å². The van der Waals surface area contributed by atoms with Crippen LogP contribution >= 0.6 is 11.8 Å². The zero-order chi connectivity index (χ0) is 13.1. The van der Waals surface area contributed by atoms with Crippen molar-refractivity contribution in [3.63, 3.8) is 0 Å². The van der Waals surface area contributed by atoms with E-state index < -0.39 is 0 Å². The van der Waals surface area contributed by atoms with E-state index in [9.17, 15) is 4.79 Å². The molecule has 18 heavy (non-hydrogen) atoms. The highest BCUT2D eigenvalue weighted by Crippen LogP contribution is 2.31. The number of amides is 1. The summed E-state index contributed by atoms with van der Waals surface area (Å²) in [6.45, 7) is 5.09. The van der Waals surface area contributed by atoms with Crippen molar-refractivity contribution in [1.82, 2.24) is 10.2 Å². The van der Waals surface area contributed by atoms with Crippen LogP contribution in [0.25, 0.3) is 0 Å². The van der Waals surface area contributed by atoms with Gasteiger partial charge in [-0.3, -0.25) is 10.1 Å². The molecule has 1 saturated heterocycles. The highest BCUT2D eigenvalue weighted by Gasteiger charge is 2.39. The monoisotopic (exact) mass is 270 g/mol. The van der Waals surface area contributed by atoms with Gasteiger partial charge in [-0.1, -0.05) is 26.7 Å². The molecule has 0 bridgehead atoms. The number of carbonyl (C=O) groups excluding carboxylic acids is 1. The summed E-state index contributed by atoms with van der Waals surface area (Å²) >= 11 is 1.96. The summed E-state index contributed by atoms with van der Waals surface area (Å²) < 4.78 is 0. The Labute approximate surface area is 115 Å². The van der Waals surface area contributed by atoms with Crippen LogP contribution in [0.4, 0.5) is 0 Å². The average Bonchev–Trinajstić information content (AvgIpc) is 2.80. The summed E-state index contributed by atoms with van der Waals surface area (Å²) in [5, 5.41) is 4.16. The molecule has 2 fully saturated rings. The topological polar surface area (TPSA) is 32.3 Å². The highest BCUT2D eigenvalue weighted by atomic mass is 32.2. The first-order chi connectivity index (χ1) is 8.67. The molecule has 2 aliphatic rings. The van der Waals surface area contributed by atoms with E-state index in [1.165, 1.54) is 25.7 Å². The van der Waals surface area contributed by atoms with Gasteiger partial charge in [0.1, 0.15) is 0 Å². The predicted octanol–water partition coefficient (Wildman–Crippen LogP) is 2.46. The van der Waals surface area contributed by atoms with Gasteiger partial charge in [-0.05, 0) is 31.4 Å². The van der Waals surface area contributed by atoms with Gasteiger partial charge < -0.3 is 4.90 Å². The molecule has 0 aromatic carbocycles. The third-order valence-electron chi connectivity index (χ3n) is 4.62. The minimum absolute atomic E-state index is 0.0599. The minimum Gasteiger partial charge on any atom is -0.326 e. The maximum absolute atomic E-state index is 12.5. The van der Waals surface area contributed by atoms with Crippen molar-refractivity contribution in [2.75, 3.05) is 12.9 Å². The number of nitrogens with one attached hydrogen (secondary N) is 1. The van der Waals surface area contributed by atoms with Gasteiger partial charge in [0.25, 0.3) is 0 Å². The van der Waals surface area contributed by atoms with Crippen molar-refractivity contribution < 1.29 is 4.79 Å². The van der Waals surface area contributed by atoms with E-state index in [1.54, 1.807) is 0 Å². The quantitative estimate of drug-likeness (QED) is 0.852. The first-order valence-electron chi connectivity index (χ1n) is 7.24. The molecule has 0 aromatic rings. The Morgan fingerprint density at radius 1 is 1.50 bits per heavy atom. The summed E-state index contributed by atoms with van der Waals surface area (Å²) in [5.41, 5.74) is 0. The zero-order valence-corrected chi connectivity index (χ0v) is 12.6. The lowest BCUT2D eigenvalue weighted by molar-refractivity contribution is -0.132. The molecule has 0 spiro atoms. The highest BCUT2D eigenvalue weighted by molar-refractivity contribution is 7.99. The SMILES string of the molecule is CCC(C)C1NCN(C2CCCC(SC)C2)C1=O. The molecule has 1 saturated carbocycles. The molecule has 1 heterocycles.